The first-order valence-electron chi connectivity index (χ1n) is 8.71. The molecule has 1 aliphatic heterocycles. The number of hydrogen-bond acceptors (Lipinski definition) is 4. The summed E-state index contributed by atoms with van der Waals surface area (Å²) in [5.74, 6) is 1.79. The van der Waals surface area contributed by atoms with Crippen molar-refractivity contribution in [1.82, 2.24) is 0 Å². The van der Waals surface area contributed by atoms with Crippen LogP contribution in [0.5, 0.6) is 11.5 Å². The van der Waals surface area contributed by atoms with Crippen LogP contribution in [-0.2, 0) is 4.74 Å². The zero-order valence-electron chi connectivity index (χ0n) is 15.8. The number of hydrogen-bond donors (Lipinski definition) is 1. The lowest BCUT2D eigenvalue weighted by molar-refractivity contribution is 0.0636. The number of carbonyl (C=O) groups is 1. The van der Waals surface area contributed by atoms with Crippen molar-refractivity contribution in [3.63, 3.8) is 0 Å². The molecule has 138 valence electrons. The van der Waals surface area contributed by atoms with Crippen LogP contribution < -0.4 is 14.8 Å². The second-order valence-corrected chi connectivity index (χ2v) is 7.48. The van der Waals surface area contributed by atoms with Crippen LogP contribution >= 0.6 is 0 Å². The van der Waals surface area contributed by atoms with Gasteiger partial charge in [-0.05, 0) is 44.5 Å². The Morgan fingerprint density at radius 2 is 1.92 bits per heavy atom. The second-order valence-electron chi connectivity index (χ2n) is 7.48. The molecule has 1 aliphatic rings. The Kier molecular flexibility index (Phi) is 4.81. The highest BCUT2D eigenvalue weighted by molar-refractivity contribution is 5.85. The fraction of sp³-hybridized carbons (Fsp3) is 0.381. The molecule has 0 bridgehead atoms. The molecule has 2 aromatic carbocycles. The lowest BCUT2D eigenvalue weighted by atomic mass is 9.93. The van der Waals surface area contributed by atoms with Crippen molar-refractivity contribution in [2.24, 2.45) is 0 Å². The Morgan fingerprint density at radius 3 is 2.62 bits per heavy atom. The highest BCUT2D eigenvalue weighted by atomic mass is 16.6. The normalized spacial score (nSPS) is 18.7. The third-order valence-corrected chi connectivity index (χ3v) is 4.28. The first kappa shape index (κ1) is 18.1. The van der Waals surface area contributed by atoms with Crippen LogP contribution in [0, 0.1) is 0 Å². The maximum Gasteiger partial charge on any atom is 0.412 e. The van der Waals surface area contributed by atoms with Crippen LogP contribution in [0.25, 0.3) is 0 Å². The van der Waals surface area contributed by atoms with E-state index in [1.165, 1.54) is 0 Å². The minimum absolute atomic E-state index is 0.0862. The van der Waals surface area contributed by atoms with Crippen molar-refractivity contribution in [1.29, 1.82) is 0 Å². The van der Waals surface area contributed by atoms with Crippen LogP contribution in [-0.4, -0.2) is 18.8 Å². The summed E-state index contributed by atoms with van der Waals surface area (Å²) < 4.78 is 16.8. The Balaban J connectivity index is 1.77. The second kappa shape index (κ2) is 6.90. The van der Waals surface area contributed by atoms with Gasteiger partial charge in [-0.25, -0.2) is 4.79 Å². The number of anilines is 1. The van der Waals surface area contributed by atoms with Gasteiger partial charge >= 0.3 is 6.09 Å². The number of carbonyl (C=O) groups excluding carboxylic acids is 1. The molecule has 5 nitrogen and oxygen atoms in total. The fourth-order valence-electron chi connectivity index (χ4n) is 3.09. The molecule has 5 heteroatoms. The number of fused-ring (bicyclic) bond motifs is 1. The van der Waals surface area contributed by atoms with Crippen molar-refractivity contribution < 1.29 is 19.0 Å². The molecule has 0 saturated heterocycles. The first-order valence-corrected chi connectivity index (χ1v) is 8.71. The van der Waals surface area contributed by atoms with E-state index >= 15 is 0 Å². The van der Waals surface area contributed by atoms with Gasteiger partial charge in [-0.1, -0.05) is 25.1 Å². The quantitative estimate of drug-likeness (QED) is 0.814. The van der Waals surface area contributed by atoms with Crippen LogP contribution in [0.15, 0.2) is 42.5 Å². The number of nitrogens with one attached hydrogen (secondary N) is 1. The predicted molar refractivity (Wildman–Crippen MR) is 101 cm³/mol. The molecule has 1 heterocycles. The monoisotopic (exact) mass is 355 g/mol. The molecular formula is C21H25NO4. The van der Waals surface area contributed by atoms with Gasteiger partial charge in [-0.15, -0.1) is 0 Å². The van der Waals surface area contributed by atoms with E-state index in [2.05, 4.69) is 12.2 Å². The third-order valence-electron chi connectivity index (χ3n) is 4.28. The summed E-state index contributed by atoms with van der Waals surface area (Å²) in [6.07, 6.45) is -0.565. The van der Waals surface area contributed by atoms with E-state index < -0.39 is 11.7 Å². The molecule has 2 atom stereocenters. The summed E-state index contributed by atoms with van der Waals surface area (Å²) in [4.78, 5) is 12.0. The number of amides is 1. The number of benzene rings is 2. The largest absolute Gasteiger partial charge is 0.497 e. The molecule has 1 N–H and O–H groups in total. The fourth-order valence-corrected chi connectivity index (χ4v) is 3.09. The Bertz CT molecular complexity index is 810. The highest BCUT2D eigenvalue weighted by Gasteiger charge is 2.32. The van der Waals surface area contributed by atoms with E-state index in [0.29, 0.717) is 5.69 Å². The maximum absolute atomic E-state index is 12.0. The molecule has 0 aromatic heterocycles. The summed E-state index contributed by atoms with van der Waals surface area (Å²) in [6.45, 7) is 7.63. The standard InChI is InChI=1S/C21H25NO4/c1-13-17-10-9-15(22-20(23)26-21(2,3)4)12-18(17)25-19(13)14-7-6-8-16(11-14)24-5/h6-13,19H,1-5H3,(H,22,23)/t13-,19-/m0/s1. The summed E-state index contributed by atoms with van der Waals surface area (Å²) in [5, 5.41) is 2.75. The van der Waals surface area contributed by atoms with Crippen molar-refractivity contribution in [3.05, 3.63) is 53.6 Å². The minimum atomic E-state index is -0.538. The minimum Gasteiger partial charge on any atom is -0.497 e. The van der Waals surface area contributed by atoms with E-state index in [1.54, 1.807) is 7.11 Å². The lowest BCUT2D eigenvalue weighted by Gasteiger charge is -2.19. The van der Waals surface area contributed by atoms with Gasteiger partial charge in [0.05, 0.1) is 7.11 Å². The van der Waals surface area contributed by atoms with Crippen molar-refractivity contribution in [2.45, 2.75) is 45.3 Å². The van der Waals surface area contributed by atoms with Crippen molar-refractivity contribution in [2.75, 3.05) is 12.4 Å². The smallest absolute Gasteiger partial charge is 0.412 e. The van der Waals surface area contributed by atoms with E-state index in [-0.39, 0.29) is 12.0 Å². The van der Waals surface area contributed by atoms with Crippen LogP contribution in [0.3, 0.4) is 0 Å². The molecule has 0 aliphatic carbocycles. The Labute approximate surface area is 154 Å². The molecule has 0 saturated carbocycles. The molecule has 1 amide bonds. The molecule has 3 rings (SSSR count). The number of ether oxygens (including phenoxy) is 3. The van der Waals surface area contributed by atoms with E-state index in [1.807, 2.05) is 63.2 Å². The molecule has 0 radical (unpaired) electrons. The lowest BCUT2D eigenvalue weighted by Crippen LogP contribution is -2.27. The Morgan fingerprint density at radius 1 is 1.15 bits per heavy atom. The van der Waals surface area contributed by atoms with Gasteiger partial charge in [0.1, 0.15) is 23.2 Å². The predicted octanol–water partition coefficient (Wildman–Crippen LogP) is 5.28. The molecule has 0 spiro atoms. The van der Waals surface area contributed by atoms with Crippen molar-refractivity contribution in [3.8, 4) is 11.5 Å². The van der Waals surface area contributed by atoms with Crippen molar-refractivity contribution >= 4 is 11.8 Å². The molecule has 0 fully saturated rings. The summed E-state index contributed by atoms with van der Waals surface area (Å²) in [6, 6.07) is 13.6. The van der Waals surface area contributed by atoms with Gasteiger partial charge in [0.2, 0.25) is 0 Å². The summed E-state index contributed by atoms with van der Waals surface area (Å²) in [5.41, 5.74) is 2.29. The average molecular weight is 355 g/mol. The van der Waals surface area contributed by atoms with Crippen LogP contribution in [0.1, 0.15) is 50.8 Å². The first-order chi connectivity index (χ1) is 12.3. The molecule has 2 aromatic rings. The third kappa shape index (κ3) is 3.93. The average Bonchev–Trinajstić information content (AvgIpc) is 2.89. The SMILES string of the molecule is COc1cccc([C@H]2Oc3cc(NC(=O)OC(C)(C)C)ccc3[C@@H]2C)c1. The number of rotatable bonds is 3. The highest BCUT2D eigenvalue weighted by Crippen LogP contribution is 2.47. The topological polar surface area (TPSA) is 56.8 Å². The van der Waals surface area contributed by atoms with Gasteiger partial charge in [0.25, 0.3) is 0 Å². The summed E-state index contributed by atoms with van der Waals surface area (Å²) in [7, 11) is 1.65. The van der Waals surface area contributed by atoms with Gasteiger partial charge in [0, 0.05) is 23.2 Å². The van der Waals surface area contributed by atoms with Crippen LogP contribution in [0.2, 0.25) is 0 Å². The zero-order valence-corrected chi connectivity index (χ0v) is 15.8. The number of methoxy groups -OCH3 is 1. The van der Waals surface area contributed by atoms with E-state index in [9.17, 15) is 4.79 Å². The van der Waals surface area contributed by atoms with Gasteiger partial charge in [-0.3, -0.25) is 5.32 Å². The van der Waals surface area contributed by atoms with E-state index in [0.717, 1.165) is 22.6 Å². The maximum atomic E-state index is 12.0. The molecular weight excluding hydrogens is 330 g/mol. The van der Waals surface area contributed by atoms with E-state index in [4.69, 9.17) is 14.2 Å². The van der Waals surface area contributed by atoms with Gasteiger partial charge in [0.15, 0.2) is 0 Å². The zero-order chi connectivity index (χ0) is 18.9. The Hall–Kier alpha value is -2.69. The van der Waals surface area contributed by atoms with Gasteiger partial charge < -0.3 is 14.2 Å². The summed E-state index contributed by atoms with van der Waals surface area (Å²) >= 11 is 0. The van der Waals surface area contributed by atoms with Crippen LogP contribution in [0.4, 0.5) is 10.5 Å². The molecule has 0 unspecified atom stereocenters. The molecule has 26 heavy (non-hydrogen) atoms. The van der Waals surface area contributed by atoms with Gasteiger partial charge in [-0.2, -0.15) is 0 Å².